The standard InChI is InChI=1S/C8H11N3O4/c1-9-8-10-2-4(3-11-8)5(12)6(13)7(14)15/h2-3,5-6,12-13H,1H3,(H,14,15)(H,9,10,11). The van der Waals surface area contributed by atoms with Crippen LogP contribution < -0.4 is 5.32 Å². The van der Waals surface area contributed by atoms with Crippen LogP contribution in [0.1, 0.15) is 11.7 Å². The Kier molecular flexibility index (Phi) is 3.53. The van der Waals surface area contributed by atoms with Crippen LogP contribution in [-0.2, 0) is 4.79 Å². The molecule has 0 saturated heterocycles. The Morgan fingerprint density at radius 1 is 1.40 bits per heavy atom. The van der Waals surface area contributed by atoms with Crippen molar-refractivity contribution in [1.29, 1.82) is 0 Å². The van der Waals surface area contributed by atoms with E-state index >= 15 is 0 Å². The number of carboxylic acids is 1. The van der Waals surface area contributed by atoms with Crippen LogP contribution in [0.5, 0.6) is 0 Å². The van der Waals surface area contributed by atoms with Gasteiger partial charge in [-0.05, 0) is 0 Å². The van der Waals surface area contributed by atoms with Crippen molar-refractivity contribution in [3.05, 3.63) is 18.0 Å². The Balaban J connectivity index is 2.82. The van der Waals surface area contributed by atoms with Crippen molar-refractivity contribution < 1.29 is 20.1 Å². The third kappa shape index (κ3) is 2.61. The summed E-state index contributed by atoms with van der Waals surface area (Å²) in [5.41, 5.74) is 0.143. The smallest absolute Gasteiger partial charge is 0.335 e. The average Bonchev–Trinajstić information content (AvgIpc) is 2.27. The SMILES string of the molecule is CNc1ncc(C(O)C(O)C(=O)O)cn1. The van der Waals surface area contributed by atoms with Gasteiger partial charge in [0.2, 0.25) is 5.95 Å². The van der Waals surface area contributed by atoms with E-state index < -0.39 is 18.2 Å². The molecular weight excluding hydrogens is 202 g/mol. The highest BCUT2D eigenvalue weighted by molar-refractivity contribution is 5.73. The van der Waals surface area contributed by atoms with Crippen LogP contribution in [0.3, 0.4) is 0 Å². The summed E-state index contributed by atoms with van der Waals surface area (Å²) in [6.45, 7) is 0. The molecule has 0 fully saturated rings. The molecule has 1 heterocycles. The van der Waals surface area contributed by atoms with E-state index in [9.17, 15) is 9.90 Å². The number of aromatic nitrogens is 2. The number of anilines is 1. The molecule has 0 amide bonds. The van der Waals surface area contributed by atoms with Gasteiger partial charge in [0.15, 0.2) is 6.10 Å². The predicted octanol–water partition coefficient (Wildman–Crippen LogP) is -1.00. The van der Waals surface area contributed by atoms with Crippen molar-refractivity contribution in [3.8, 4) is 0 Å². The van der Waals surface area contributed by atoms with Crippen molar-refractivity contribution in [2.45, 2.75) is 12.2 Å². The van der Waals surface area contributed by atoms with Gasteiger partial charge in [-0.1, -0.05) is 0 Å². The third-order valence-electron chi connectivity index (χ3n) is 1.79. The van der Waals surface area contributed by atoms with E-state index in [1.54, 1.807) is 7.05 Å². The number of hydrogen-bond donors (Lipinski definition) is 4. The number of aliphatic hydroxyl groups is 2. The Bertz CT molecular complexity index is 340. The maximum atomic E-state index is 10.4. The first-order valence-corrected chi connectivity index (χ1v) is 4.15. The van der Waals surface area contributed by atoms with Crippen molar-refractivity contribution in [2.24, 2.45) is 0 Å². The number of aliphatic carboxylic acids is 1. The zero-order valence-corrected chi connectivity index (χ0v) is 7.95. The van der Waals surface area contributed by atoms with E-state index in [-0.39, 0.29) is 5.56 Å². The highest BCUT2D eigenvalue weighted by atomic mass is 16.4. The highest BCUT2D eigenvalue weighted by Gasteiger charge is 2.25. The Morgan fingerprint density at radius 3 is 2.33 bits per heavy atom. The minimum atomic E-state index is -1.88. The number of nitrogens with zero attached hydrogens (tertiary/aromatic N) is 2. The van der Waals surface area contributed by atoms with Gasteiger partial charge in [0.1, 0.15) is 6.10 Å². The molecule has 0 aliphatic carbocycles. The first kappa shape index (κ1) is 11.3. The molecule has 0 aromatic carbocycles. The predicted molar refractivity (Wildman–Crippen MR) is 50.2 cm³/mol. The third-order valence-corrected chi connectivity index (χ3v) is 1.79. The van der Waals surface area contributed by atoms with Gasteiger partial charge in [0, 0.05) is 25.0 Å². The molecule has 82 valence electrons. The second-order valence-corrected chi connectivity index (χ2v) is 2.82. The molecule has 7 nitrogen and oxygen atoms in total. The van der Waals surface area contributed by atoms with Gasteiger partial charge in [-0.3, -0.25) is 0 Å². The van der Waals surface area contributed by atoms with Crippen molar-refractivity contribution in [1.82, 2.24) is 9.97 Å². The number of carboxylic acid groups (broad SMARTS) is 1. The zero-order chi connectivity index (χ0) is 11.4. The lowest BCUT2D eigenvalue weighted by Gasteiger charge is -2.13. The normalized spacial score (nSPS) is 14.3. The van der Waals surface area contributed by atoms with Crippen LogP contribution in [0.15, 0.2) is 12.4 Å². The molecule has 2 unspecified atom stereocenters. The molecule has 0 bridgehead atoms. The van der Waals surface area contributed by atoms with Crippen LogP contribution >= 0.6 is 0 Å². The van der Waals surface area contributed by atoms with Crippen LogP contribution in [0.2, 0.25) is 0 Å². The van der Waals surface area contributed by atoms with Crippen molar-refractivity contribution >= 4 is 11.9 Å². The number of carbonyl (C=O) groups is 1. The van der Waals surface area contributed by atoms with Crippen molar-refractivity contribution in [3.63, 3.8) is 0 Å². The average molecular weight is 213 g/mol. The molecule has 0 aliphatic rings. The summed E-state index contributed by atoms with van der Waals surface area (Å²) in [6, 6.07) is 0. The summed E-state index contributed by atoms with van der Waals surface area (Å²) in [5.74, 6) is -1.16. The fraction of sp³-hybridized carbons (Fsp3) is 0.375. The van der Waals surface area contributed by atoms with Gasteiger partial charge in [0.25, 0.3) is 0 Å². The number of hydrogen-bond acceptors (Lipinski definition) is 6. The zero-order valence-electron chi connectivity index (χ0n) is 7.95. The first-order valence-electron chi connectivity index (χ1n) is 4.15. The van der Waals surface area contributed by atoms with Gasteiger partial charge in [0.05, 0.1) is 0 Å². The first-order chi connectivity index (χ1) is 7.06. The highest BCUT2D eigenvalue weighted by Crippen LogP contribution is 2.15. The molecule has 0 radical (unpaired) electrons. The van der Waals surface area contributed by atoms with Crippen LogP contribution in [0.25, 0.3) is 0 Å². The fourth-order valence-corrected chi connectivity index (χ4v) is 0.937. The fourth-order valence-electron chi connectivity index (χ4n) is 0.937. The van der Waals surface area contributed by atoms with Crippen LogP contribution in [0, 0.1) is 0 Å². The summed E-state index contributed by atoms with van der Waals surface area (Å²) in [7, 11) is 1.62. The Hall–Kier alpha value is -1.73. The molecule has 0 aliphatic heterocycles. The van der Waals surface area contributed by atoms with Crippen LogP contribution in [0.4, 0.5) is 5.95 Å². The number of rotatable bonds is 4. The van der Waals surface area contributed by atoms with Crippen molar-refractivity contribution in [2.75, 3.05) is 12.4 Å². The molecule has 1 rings (SSSR count). The second kappa shape index (κ2) is 4.67. The maximum absolute atomic E-state index is 10.4. The van der Waals surface area contributed by atoms with Gasteiger partial charge in [-0.2, -0.15) is 0 Å². The molecule has 1 aromatic heterocycles. The van der Waals surface area contributed by atoms with Gasteiger partial charge in [-0.15, -0.1) is 0 Å². The lowest BCUT2D eigenvalue weighted by Crippen LogP contribution is -2.27. The monoisotopic (exact) mass is 213 g/mol. The minimum absolute atomic E-state index is 0.143. The molecule has 1 aromatic rings. The molecule has 0 saturated carbocycles. The van der Waals surface area contributed by atoms with Gasteiger partial charge >= 0.3 is 5.97 Å². The Labute approximate surface area is 85.4 Å². The Morgan fingerprint density at radius 2 is 1.93 bits per heavy atom. The topological polar surface area (TPSA) is 116 Å². The molecule has 0 spiro atoms. The summed E-state index contributed by atoms with van der Waals surface area (Å²) < 4.78 is 0. The van der Waals surface area contributed by atoms with E-state index in [0.29, 0.717) is 5.95 Å². The van der Waals surface area contributed by atoms with E-state index in [2.05, 4.69) is 15.3 Å². The molecule has 2 atom stereocenters. The van der Waals surface area contributed by atoms with E-state index in [1.807, 2.05) is 0 Å². The van der Waals surface area contributed by atoms with Gasteiger partial charge in [-0.25, -0.2) is 14.8 Å². The minimum Gasteiger partial charge on any atom is -0.479 e. The quantitative estimate of drug-likeness (QED) is 0.506. The molecule has 4 N–H and O–H groups in total. The largest absolute Gasteiger partial charge is 0.479 e. The summed E-state index contributed by atoms with van der Waals surface area (Å²) in [5, 5.41) is 29.6. The lowest BCUT2D eigenvalue weighted by molar-refractivity contribution is -0.153. The molecule has 15 heavy (non-hydrogen) atoms. The van der Waals surface area contributed by atoms with E-state index in [4.69, 9.17) is 10.2 Å². The number of aliphatic hydroxyl groups excluding tert-OH is 2. The van der Waals surface area contributed by atoms with Gasteiger partial charge < -0.3 is 20.6 Å². The summed E-state index contributed by atoms with van der Waals surface area (Å²) in [4.78, 5) is 17.9. The summed E-state index contributed by atoms with van der Waals surface area (Å²) in [6.07, 6.45) is -0.923. The van der Waals surface area contributed by atoms with E-state index in [0.717, 1.165) is 0 Å². The summed E-state index contributed by atoms with van der Waals surface area (Å²) >= 11 is 0. The number of nitrogens with one attached hydrogen (secondary N) is 1. The second-order valence-electron chi connectivity index (χ2n) is 2.82. The maximum Gasteiger partial charge on any atom is 0.335 e. The molecule has 7 heteroatoms. The van der Waals surface area contributed by atoms with E-state index in [1.165, 1.54) is 12.4 Å². The lowest BCUT2D eigenvalue weighted by atomic mass is 10.1. The van der Waals surface area contributed by atoms with Crippen LogP contribution in [-0.4, -0.2) is 44.4 Å². The molecular formula is C8H11N3O4.